The summed E-state index contributed by atoms with van der Waals surface area (Å²) in [6.07, 6.45) is -0.455. The molecule has 1 N–H and O–H groups in total. The van der Waals surface area contributed by atoms with Crippen LogP contribution in [0, 0.1) is 11.3 Å². The van der Waals surface area contributed by atoms with E-state index in [-0.39, 0.29) is 25.7 Å². The Kier molecular flexibility index (Phi) is 5.83. The van der Waals surface area contributed by atoms with Crippen molar-refractivity contribution in [3.63, 3.8) is 0 Å². The van der Waals surface area contributed by atoms with Crippen molar-refractivity contribution in [3.05, 3.63) is 21.1 Å². The van der Waals surface area contributed by atoms with Crippen molar-refractivity contribution >= 4 is 58.2 Å². The molecule has 0 saturated carbocycles. The Hall–Kier alpha value is -0.810. The standard InChI is InChI=1S/C10H4Cl3F3N2OS/c11-4-3-5(20-10(14,15)16)7(12)8(13)9(4)18-6(19)1-2-17/h3H,1H2,(H,18,19). The van der Waals surface area contributed by atoms with Crippen molar-refractivity contribution in [2.45, 2.75) is 16.8 Å². The number of amides is 1. The van der Waals surface area contributed by atoms with E-state index in [4.69, 9.17) is 40.1 Å². The molecule has 108 valence electrons. The van der Waals surface area contributed by atoms with Crippen LogP contribution in [0.15, 0.2) is 11.0 Å². The maximum atomic E-state index is 12.3. The number of benzene rings is 1. The van der Waals surface area contributed by atoms with Crippen molar-refractivity contribution in [3.8, 4) is 6.07 Å². The number of carbonyl (C=O) groups is 1. The first-order valence-corrected chi connectivity index (χ1v) is 6.70. The molecule has 0 radical (unpaired) electrons. The van der Waals surface area contributed by atoms with Crippen LogP contribution >= 0.6 is 46.6 Å². The minimum absolute atomic E-state index is 0.134. The van der Waals surface area contributed by atoms with Gasteiger partial charge in [0.15, 0.2) is 0 Å². The Morgan fingerprint density at radius 2 is 1.95 bits per heavy atom. The van der Waals surface area contributed by atoms with Crippen molar-refractivity contribution in [2.24, 2.45) is 0 Å². The summed E-state index contributed by atoms with van der Waals surface area (Å²) in [6.45, 7) is 0. The minimum atomic E-state index is -4.55. The summed E-state index contributed by atoms with van der Waals surface area (Å²) >= 11 is 16.8. The highest BCUT2D eigenvalue weighted by molar-refractivity contribution is 8.00. The van der Waals surface area contributed by atoms with E-state index in [0.717, 1.165) is 6.07 Å². The molecule has 0 atom stereocenters. The van der Waals surface area contributed by atoms with Crippen molar-refractivity contribution in [1.29, 1.82) is 5.26 Å². The lowest BCUT2D eigenvalue weighted by Crippen LogP contribution is -2.11. The molecule has 0 unspecified atom stereocenters. The monoisotopic (exact) mass is 362 g/mol. The number of thioether (sulfide) groups is 1. The van der Waals surface area contributed by atoms with E-state index in [0.29, 0.717) is 0 Å². The number of alkyl halides is 3. The normalized spacial score (nSPS) is 11.1. The molecule has 0 aliphatic carbocycles. The van der Waals surface area contributed by atoms with Crippen molar-refractivity contribution in [2.75, 3.05) is 5.32 Å². The fourth-order valence-electron chi connectivity index (χ4n) is 1.14. The van der Waals surface area contributed by atoms with Crippen molar-refractivity contribution in [1.82, 2.24) is 0 Å². The van der Waals surface area contributed by atoms with Gasteiger partial charge in [-0.1, -0.05) is 34.8 Å². The molecule has 1 aromatic rings. The van der Waals surface area contributed by atoms with Gasteiger partial charge in [0, 0.05) is 4.90 Å². The quantitative estimate of drug-likeness (QED) is 0.599. The lowest BCUT2D eigenvalue weighted by Gasteiger charge is -2.14. The molecule has 0 aliphatic rings. The number of anilines is 1. The van der Waals surface area contributed by atoms with Gasteiger partial charge in [0.05, 0.1) is 26.8 Å². The van der Waals surface area contributed by atoms with Crippen LogP contribution in [0.5, 0.6) is 0 Å². The Balaban J connectivity index is 3.16. The number of nitriles is 1. The number of rotatable bonds is 3. The van der Waals surface area contributed by atoms with Gasteiger partial charge >= 0.3 is 5.51 Å². The van der Waals surface area contributed by atoms with Crippen LogP contribution in [-0.2, 0) is 4.79 Å². The molecule has 0 aromatic heterocycles. The maximum absolute atomic E-state index is 12.3. The SMILES string of the molecule is N#CCC(=O)Nc1c(Cl)cc(SC(F)(F)F)c(Cl)c1Cl. The number of hydrogen-bond acceptors (Lipinski definition) is 3. The van der Waals surface area contributed by atoms with Gasteiger partial charge in [-0.05, 0) is 17.8 Å². The summed E-state index contributed by atoms with van der Waals surface area (Å²) in [5.41, 5.74) is -4.69. The molecule has 1 amide bonds. The zero-order chi connectivity index (χ0) is 15.5. The number of nitrogens with one attached hydrogen (secondary N) is 1. The van der Waals surface area contributed by atoms with Crippen LogP contribution in [-0.4, -0.2) is 11.4 Å². The lowest BCUT2D eigenvalue weighted by molar-refractivity contribution is -0.115. The molecule has 1 rings (SSSR count). The molecule has 10 heteroatoms. The summed E-state index contributed by atoms with van der Waals surface area (Å²) in [4.78, 5) is 10.9. The van der Waals surface area contributed by atoms with E-state index in [1.165, 1.54) is 0 Å². The first-order valence-electron chi connectivity index (χ1n) is 4.75. The maximum Gasteiger partial charge on any atom is 0.446 e. The summed E-state index contributed by atoms with van der Waals surface area (Å²) in [7, 11) is 0. The van der Waals surface area contributed by atoms with E-state index in [1.54, 1.807) is 6.07 Å². The molecule has 0 fully saturated rings. The largest absolute Gasteiger partial charge is 0.446 e. The van der Waals surface area contributed by atoms with Gasteiger partial charge < -0.3 is 5.32 Å². The fraction of sp³-hybridized carbons (Fsp3) is 0.200. The molecular formula is C10H4Cl3F3N2OS. The summed E-state index contributed by atoms with van der Waals surface area (Å²) in [5.74, 6) is -0.705. The fourth-order valence-corrected chi connectivity index (χ4v) is 2.70. The van der Waals surface area contributed by atoms with Crippen LogP contribution in [0.25, 0.3) is 0 Å². The number of nitrogens with zero attached hydrogens (tertiary/aromatic N) is 1. The van der Waals surface area contributed by atoms with Crippen molar-refractivity contribution < 1.29 is 18.0 Å². The highest BCUT2D eigenvalue weighted by Crippen LogP contribution is 2.47. The first-order chi connectivity index (χ1) is 9.15. The average molecular weight is 364 g/mol. The Morgan fingerprint density at radius 1 is 1.35 bits per heavy atom. The van der Waals surface area contributed by atoms with E-state index >= 15 is 0 Å². The van der Waals surface area contributed by atoms with Gasteiger partial charge in [-0.3, -0.25) is 4.79 Å². The average Bonchev–Trinajstić information content (AvgIpc) is 2.30. The van der Waals surface area contributed by atoms with Gasteiger partial charge in [-0.15, -0.1) is 0 Å². The zero-order valence-electron chi connectivity index (χ0n) is 9.32. The van der Waals surface area contributed by atoms with Crippen LogP contribution in [0.4, 0.5) is 18.9 Å². The van der Waals surface area contributed by atoms with E-state index < -0.39 is 29.6 Å². The number of hydrogen-bond donors (Lipinski definition) is 1. The smallest absolute Gasteiger partial charge is 0.323 e. The molecule has 1 aromatic carbocycles. The van der Waals surface area contributed by atoms with Crippen LogP contribution < -0.4 is 5.32 Å². The van der Waals surface area contributed by atoms with Gasteiger partial charge in [-0.25, -0.2) is 0 Å². The van der Waals surface area contributed by atoms with Gasteiger partial charge in [0.2, 0.25) is 5.91 Å². The highest BCUT2D eigenvalue weighted by atomic mass is 35.5. The Labute approximate surface area is 131 Å². The number of carbonyl (C=O) groups excluding carboxylic acids is 1. The molecule has 0 bridgehead atoms. The molecule has 0 saturated heterocycles. The summed E-state index contributed by atoms with van der Waals surface area (Å²) in [5, 5.41) is 9.64. The molecular weight excluding hydrogens is 360 g/mol. The third-order valence-electron chi connectivity index (χ3n) is 1.85. The van der Waals surface area contributed by atoms with Gasteiger partial charge in [0.1, 0.15) is 6.42 Å². The van der Waals surface area contributed by atoms with Gasteiger partial charge in [0.25, 0.3) is 0 Å². The second-order valence-corrected chi connectivity index (χ2v) is 5.56. The second kappa shape index (κ2) is 6.76. The summed E-state index contributed by atoms with van der Waals surface area (Å²) < 4.78 is 36.9. The minimum Gasteiger partial charge on any atom is -0.323 e. The third-order valence-corrected chi connectivity index (χ3v) is 3.91. The van der Waals surface area contributed by atoms with E-state index in [1.807, 2.05) is 0 Å². The molecule has 0 aliphatic heterocycles. The Morgan fingerprint density at radius 3 is 2.45 bits per heavy atom. The van der Waals surface area contributed by atoms with E-state index in [2.05, 4.69) is 5.32 Å². The van der Waals surface area contributed by atoms with E-state index in [9.17, 15) is 18.0 Å². The predicted molar refractivity (Wildman–Crippen MR) is 72.2 cm³/mol. The van der Waals surface area contributed by atoms with Crippen LogP contribution in [0.1, 0.15) is 6.42 Å². The first kappa shape index (κ1) is 17.2. The van der Waals surface area contributed by atoms with Crippen LogP contribution in [0.3, 0.4) is 0 Å². The lowest BCUT2D eigenvalue weighted by atomic mass is 10.3. The summed E-state index contributed by atoms with van der Waals surface area (Å²) in [6, 6.07) is 2.54. The zero-order valence-corrected chi connectivity index (χ0v) is 12.4. The second-order valence-electron chi connectivity index (χ2n) is 3.29. The molecule has 3 nitrogen and oxygen atoms in total. The number of halogens is 6. The molecule has 20 heavy (non-hydrogen) atoms. The highest BCUT2D eigenvalue weighted by Gasteiger charge is 2.31. The topological polar surface area (TPSA) is 52.9 Å². The van der Waals surface area contributed by atoms with Crippen LogP contribution in [0.2, 0.25) is 15.1 Å². The van der Waals surface area contributed by atoms with Gasteiger partial charge in [-0.2, -0.15) is 18.4 Å². The third kappa shape index (κ3) is 4.63. The molecule has 0 heterocycles. The molecule has 0 spiro atoms. The Bertz CT molecular complexity index is 587. The predicted octanol–water partition coefficient (Wildman–Crippen LogP) is 5.11.